The van der Waals surface area contributed by atoms with E-state index in [0.717, 1.165) is 5.56 Å². The van der Waals surface area contributed by atoms with Crippen LogP contribution in [0.3, 0.4) is 0 Å². The average Bonchev–Trinajstić information content (AvgIpc) is 2.31. The summed E-state index contributed by atoms with van der Waals surface area (Å²) < 4.78 is 0. The van der Waals surface area contributed by atoms with Crippen LogP contribution in [0.2, 0.25) is 0 Å². The van der Waals surface area contributed by atoms with Gasteiger partial charge < -0.3 is 10.2 Å². The van der Waals surface area contributed by atoms with Crippen molar-refractivity contribution >= 4 is 11.9 Å². The second-order valence-corrected chi connectivity index (χ2v) is 3.90. The van der Waals surface area contributed by atoms with Crippen molar-refractivity contribution in [1.29, 1.82) is 0 Å². The van der Waals surface area contributed by atoms with Crippen LogP contribution in [0.5, 0.6) is 0 Å². The molecule has 2 N–H and O–H groups in total. The number of aryl methyl sites for hydroxylation is 1. The normalized spacial score (nSPS) is 11.1. The van der Waals surface area contributed by atoms with E-state index in [1.54, 1.807) is 31.5 Å². The van der Waals surface area contributed by atoms with Crippen molar-refractivity contribution < 1.29 is 19.8 Å². The van der Waals surface area contributed by atoms with Crippen LogP contribution in [0.15, 0.2) is 24.5 Å². The number of carbonyl (C=O) groups is 2. The maximum Gasteiger partial charge on any atom is 0.321 e. The molecule has 0 spiro atoms. The van der Waals surface area contributed by atoms with Gasteiger partial charge in [-0.25, -0.2) is 0 Å². The average molecular weight is 237 g/mol. The van der Waals surface area contributed by atoms with Crippen LogP contribution in [0, 0.1) is 5.41 Å². The van der Waals surface area contributed by atoms with E-state index in [0.29, 0.717) is 6.42 Å². The molecule has 0 amide bonds. The molecule has 0 bridgehead atoms. The second-order valence-electron chi connectivity index (χ2n) is 3.90. The van der Waals surface area contributed by atoms with E-state index < -0.39 is 17.4 Å². The van der Waals surface area contributed by atoms with Crippen LogP contribution in [0.1, 0.15) is 25.3 Å². The van der Waals surface area contributed by atoms with Gasteiger partial charge in [-0.1, -0.05) is 6.92 Å². The first-order valence-corrected chi connectivity index (χ1v) is 5.38. The molecule has 0 aliphatic carbocycles. The van der Waals surface area contributed by atoms with Crippen molar-refractivity contribution in [3.63, 3.8) is 0 Å². The van der Waals surface area contributed by atoms with Gasteiger partial charge in [0.1, 0.15) is 0 Å². The van der Waals surface area contributed by atoms with E-state index in [4.69, 9.17) is 10.2 Å². The Morgan fingerprint density at radius 1 is 1.24 bits per heavy atom. The number of hydrogen-bond acceptors (Lipinski definition) is 3. The first kappa shape index (κ1) is 13.2. The van der Waals surface area contributed by atoms with E-state index in [-0.39, 0.29) is 12.8 Å². The minimum absolute atomic E-state index is 0.0722. The SMILES string of the molecule is CCC(CCc1ccncc1)(C(=O)O)C(=O)O. The number of rotatable bonds is 6. The largest absolute Gasteiger partial charge is 0.480 e. The summed E-state index contributed by atoms with van der Waals surface area (Å²) in [5.74, 6) is -2.55. The van der Waals surface area contributed by atoms with E-state index in [2.05, 4.69) is 4.98 Å². The van der Waals surface area contributed by atoms with Gasteiger partial charge in [-0.3, -0.25) is 14.6 Å². The maximum absolute atomic E-state index is 11.1. The lowest BCUT2D eigenvalue weighted by Gasteiger charge is -2.22. The van der Waals surface area contributed by atoms with Gasteiger partial charge in [-0.2, -0.15) is 0 Å². The highest BCUT2D eigenvalue weighted by Gasteiger charge is 2.44. The highest BCUT2D eigenvalue weighted by molar-refractivity contribution is 5.98. The summed E-state index contributed by atoms with van der Waals surface area (Å²) in [5, 5.41) is 18.2. The molecule has 0 radical (unpaired) electrons. The first-order valence-electron chi connectivity index (χ1n) is 5.38. The van der Waals surface area contributed by atoms with E-state index in [1.165, 1.54) is 0 Å². The summed E-state index contributed by atoms with van der Waals surface area (Å²) in [4.78, 5) is 26.1. The lowest BCUT2D eigenvalue weighted by molar-refractivity contribution is -0.165. The fourth-order valence-electron chi connectivity index (χ4n) is 1.69. The number of aromatic nitrogens is 1. The van der Waals surface area contributed by atoms with Crippen LogP contribution in [0.25, 0.3) is 0 Å². The van der Waals surface area contributed by atoms with Crippen LogP contribution in [-0.4, -0.2) is 27.1 Å². The molecule has 0 aliphatic rings. The van der Waals surface area contributed by atoms with Gasteiger partial charge in [0.05, 0.1) is 0 Å². The Kier molecular flexibility index (Phi) is 4.20. The first-order chi connectivity index (χ1) is 8.03. The minimum atomic E-state index is -1.69. The number of pyridine rings is 1. The smallest absolute Gasteiger partial charge is 0.321 e. The third-order valence-corrected chi connectivity index (χ3v) is 3.01. The summed E-state index contributed by atoms with van der Waals surface area (Å²) in [5.41, 5.74) is -0.802. The minimum Gasteiger partial charge on any atom is -0.480 e. The Labute approximate surface area is 99.1 Å². The lowest BCUT2D eigenvalue weighted by atomic mass is 9.80. The monoisotopic (exact) mass is 237 g/mol. The summed E-state index contributed by atoms with van der Waals surface area (Å²) >= 11 is 0. The number of aliphatic carboxylic acids is 2. The number of hydrogen-bond donors (Lipinski definition) is 2. The molecular weight excluding hydrogens is 222 g/mol. The fraction of sp³-hybridized carbons (Fsp3) is 0.417. The third kappa shape index (κ3) is 2.81. The summed E-state index contributed by atoms with van der Waals surface area (Å²) in [6.45, 7) is 1.58. The van der Waals surface area contributed by atoms with Crippen molar-refractivity contribution in [2.45, 2.75) is 26.2 Å². The van der Waals surface area contributed by atoms with Crippen molar-refractivity contribution in [3.8, 4) is 0 Å². The van der Waals surface area contributed by atoms with E-state index >= 15 is 0 Å². The molecule has 0 saturated carbocycles. The van der Waals surface area contributed by atoms with E-state index in [9.17, 15) is 9.59 Å². The third-order valence-electron chi connectivity index (χ3n) is 3.01. The van der Waals surface area contributed by atoms with Crippen LogP contribution in [-0.2, 0) is 16.0 Å². The number of carboxylic acids is 2. The van der Waals surface area contributed by atoms with E-state index in [1.807, 2.05) is 0 Å². The highest BCUT2D eigenvalue weighted by Crippen LogP contribution is 2.29. The van der Waals surface area contributed by atoms with Crippen LogP contribution < -0.4 is 0 Å². The van der Waals surface area contributed by atoms with Gasteiger partial charge >= 0.3 is 11.9 Å². The van der Waals surface area contributed by atoms with Gasteiger partial charge in [-0.05, 0) is 37.0 Å². The molecular formula is C12H15NO4. The van der Waals surface area contributed by atoms with Crippen molar-refractivity contribution in [2.24, 2.45) is 5.41 Å². The molecule has 0 fully saturated rings. The van der Waals surface area contributed by atoms with Crippen molar-refractivity contribution in [3.05, 3.63) is 30.1 Å². The molecule has 5 nitrogen and oxygen atoms in total. The highest BCUT2D eigenvalue weighted by atomic mass is 16.4. The summed E-state index contributed by atoms with van der Waals surface area (Å²) in [6.07, 6.45) is 3.77. The van der Waals surface area contributed by atoms with Gasteiger partial charge in [0.25, 0.3) is 0 Å². The molecule has 92 valence electrons. The molecule has 0 unspecified atom stereocenters. The summed E-state index contributed by atoms with van der Waals surface area (Å²) in [7, 11) is 0. The zero-order valence-corrected chi connectivity index (χ0v) is 9.59. The van der Waals surface area contributed by atoms with Gasteiger partial charge in [-0.15, -0.1) is 0 Å². The molecule has 0 atom stereocenters. The van der Waals surface area contributed by atoms with Crippen molar-refractivity contribution in [2.75, 3.05) is 0 Å². The number of carboxylic acid groups (broad SMARTS) is 2. The number of nitrogens with zero attached hydrogens (tertiary/aromatic N) is 1. The molecule has 0 aromatic carbocycles. The van der Waals surface area contributed by atoms with Gasteiger partial charge in [0, 0.05) is 12.4 Å². The Balaban J connectivity index is 2.82. The molecule has 1 heterocycles. The maximum atomic E-state index is 11.1. The molecule has 1 aromatic rings. The van der Waals surface area contributed by atoms with Crippen molar-refractivity contribution in [1.82, 2.24) is 4.98 Å². The van der Waals surface area contributed by atoms with Crippen LogP contribution in [0.4, 0.5) is 0 Å². The predicted octanol–water partition coefficient (Wildman–Crippen LogP) is 1.58. The summed E-state index contributed by atoms with van der Waals surface area (Å²) in [6, 6.07) is 3.51. The topological polar surface area (TPSA) is 87.5 Å². The Bertz CT molecular complexity index is 388. The van der Waals surface area contributed by atoms with Gasteiger partial charge in [0.2, 0.25) is 0 Å². The molecule has 0 aliphatic heterocycles. The predicted molar refractivity (Wildman–Crippen MR) is 60.6 cm³/mol. The van der Waals surface area contributed by atoms with Gasteiger partial charge in [0.15, 0.2) is 5.41 Å². The lowest BCUT2D eigenvalue weighted by Crippen LogP contribution is -2.39. The standard InChI is InChI=1S/C12H15NO4/c1-2-12(10(14)15,11(16)17)6-3-9-4-7-13-8-5-9/h4-5,7-8H,2-3,6H2,1H3,(H,14,15)(H,16,17). The molecule has 1 rings (SSSR count). The molecule has 5 heteroatoms. The van der Waals surface area contributed by atoms with Crippen LogP contribution >= 0.6 is 0 Å². The Morgan fingerprint density at radius 3 is 2.18 bits per heavy atom. The molecule has 1 aromatic heterocycles. The molecule has 0 saturated heterocycles. The Morgan fingerprint density at radius 2 is 1.76 bits per heavy atom. The molecule has 17 heavy (non-hydrogen) atoms. The second kappa shape index (κ2) is 5.43. The Hall–Kier alpha value is -1.91. The zero-order valence-electron chi connectivity index (χ0n) is 9.59. The fourth-order valence-corrected chi connectivity index (χ4v) is 1.69. The zero-order chi connectivity index (χ0) is 12.9. The quantitative estimate of drug-likeness (QED) is 0.733.